The standard InChI is InChI=1S/C50H32N6/c1-2-13-33(14-3-1)41-19-12-20-42(53-41)34-29-45(43-27-25-35(31-51-43)55-47-21-8-4-15-37(47)38-16-5-9-22-48(38)55)54-46(30-34)44-28-26-36(32-52-44)56-49-23-10-6-17-39(49)40-18-7-11-24-50(40)56/h1-32H/i1D,2D,3D,13D,14D. The molecule has 6 heterocycles. The lowest BCUT2D eigenvalue weighted by atomic mass is 10.0. The van der Waals surface area contributed by atoms with Crippen molar-refractivity contribution in [1.29, 1.82) is 0 Å². The summed E-state index contributed by atoms with van der Waals surface area (Å²) in [5, 5.41) is 4.65. The van der Waals surface area contributed by atoms with Crippen molar-refractivity contribution in [1.82, 2.24) is 29.1 Å². The maximum absolute atomic E-state index is 8.61. The van der Waals surface area contributed by atoms with E-state index in [1.807, 2.05) is 79.1 Å². The van der Waals surface area contributed by atoms with Gasteiger partial charge in [0.2, 0.25) is 0 Å². The van der Waals surface area contributed by atoms with Crippen molar-refractivity contribution in [2.75, 3.05) is 0 Å². The summed E-state index contributed by atoms with van der Waals surface area (Å²) in [6.45, 7) is 0. The van der Waals surface area contributed by atoms with Gasteiger partial charge in [0.1, 0.15) is 0 Å². The van der Waals surface area contributed by atoms with Gasteiger partial charge in [0.25, 0.3) is 0 Å². The van der Waals surface area contributed by atoms with Crippen LogP contribution in [0.2, 0.25) is 0 Å². The molecular formula is C50H32N6. The Morgan fingerprint density at radius 2 is 0.768 bits per heavy atom. The minimum atomic E-state index is -0.452. The van der Waals surface area contributed by atoms with E-state index in [1.165, 1.54) is 0 Å². The Morgan fingerprint density at radius 1 is 0.357 bits per heavy atom. The van der Waals surface area contributed by atoms with Crippen molar-refractivity contribution in [2.45, 2.75) is 0 Å². The fourth-order valence-corrected chi connectivity index (χ4v) is 7.79. The lowest BCUT2D eigenvalue weighted by Crippen LogP contribution is -1.99. The zero-order chi connectivity index (χ0) is 41.4. The SMILES string of the molecule is [2H]c1c([2H])c([2H])c(-c2cccc(-c3cc(-c4ccc(-n5c6ccccc6c6ccccc65)cn4)nc(-c4ccc(-n5c6ccccc6c6ccccc65)cn4)c3)n2)c([2H])c1[2H]. The number of pyridine rings is 4. The molecule has 0 bridgehead atoms. The Hall–Kier alpha value is -7.70. The highest BCUT2D eigenvalue weighted by atomic mass is 15.0. The summed E-state index contributed by atoms with van der Waals surface area (Å²) in [4.78, 5) is 20.0. The second-order valence-electron chi connectivity index (χ2n) is 13.6. The van der Waals surface area contributed by atoms with Gasteiger partial charge in [-0.1, -0.05) is 109 Å². The molecular weight excluding hydrogens is 685 g/mol. The van der Waals surface area contributed by atoms with E-state index in [0.29, 0.717) is 34.0 Å². The van der Waals surface area contributed by atoms with Crippen LogP contribution in [0.5, 0.6) is 0 Å². The van der Waals surface area contributed by atoms with Gasteiger partial charge in [-0.05, 0) is 72.8 Å². The van der Waals surface area contributed by atoms with Crippen molar-refractivity contribution >= 4 is 43.6 Å². The zero-order valence-electron chi connectivity index (χ0n) is 34.8. The fourth-order valence-electron chi connectivity index (χ4n) is 7.79. The lowest BCUT2D eigenvalue weighted by Gasteiger charge is -2.12. The van der Waals surface area contributed by atoms with Gasteiger partial charge in [-0.3, -0.25) is 9.97 Å². The van der Waals surface area contributed by atoms with Crippen molar-refractivity contribution in [3.05, 3.63) is 194 Å². The molecule has 0 saturated heterocycles. The summed E-state index contributed by atoms with van der Waals surface area (Å²) in [5.41, 5.74) is 10.1. The predicted molar refractivity (Wildman–Crippen MR) is 228 cm³/mol. The number of fused-ring (bicyclic) bond motifs is 6. The second-order valence-corrected chi connectivity index (χ2v) is 13.6. The molecule has 11 aromatic rings. The largest absolute Gasteiger partial charge is 0.308 e. The quantitative estimate of drug-likeness (QED) is 0.171. The van der Waals surface area contributed by atoms with E-state index in [4.69, 9.17) is 26.8 Å². The van der Waals surface area contributed by atoms with Crippen LogP contribution in [0.4, 0.5) is 0 Å². The smallest absolute Gasteiger partial charge is 0.0901 e. The average Bonchev–Trinajstić information content (AvgIpc) is 3.83. The van der Waals surface area contributed by atoms with E-state index in [1.54, 1.807) is 12.1 Å². The number of rotatable bonds is 6. The summed E-state index contributed by atoms with van der Waals surface area (Å²) in [6, 6.07) is 48.6. The van der Waals surface area contributed by atoms with Crippen LogP contribution >= 0.6 is 0 Å². The Labute approximate surface area is 329 Å². The average molecular weight is 722 g/mol. The minimum Gasteiger partial charge on any atom is -0.308 e. The number of hydrogen-bond acceptors (Lipinski definition) is 4. The van der Waals surface area contributed by atoms with Gasteiger partial charge < -0.3 is 9.13 Å². The van der Waals surface area contributed by atoms with E-state index in [-0.39, 0.29) is 23.3 Å². The summed E-state index contributed by atoms with van der Waals surface area (Å²) in [7, 11) is 0. The number of nitrogens with zero attached hydrogens (tertiary/aromatic N) is 6. The van der Waals surface area contributed by atoms with Crippen LogP contribution in [-0.4, -0.2) is 29.1 Å². The number of para-hydroxylation sites is 4. The molecule has 262 valence electrons. The van der Waals surface area contributed by atoms with E-state index < -0.39 is 18.1 Å². The van der Waals surface area contributed by atoms with E-state index in [9.17, 15) is 0 Å². The third-order valence-electron chi connectivity index (χ3n) is 10.3. The molecule has 0 saturated carbocycles. The van der Waals surface area contributed by atoms with Gasteiger partial charge in [0.05, 0.1) is 86.9 Å². The first-order valence-corrected chi connectivity index (χ1v) is 18.3. The van der Waals surface area contributed by atoms with Crippen LogP contribution in [0.15, 0.2) is 194 Å². The van der Waals surface area contributed by atoms with Crippen LogP contribution in [0.3, 0.4) is 0 Å². The Kier molecular flexibility index (Phi) is 6.26. The highest BCUT2D eigenvalue weighted by Crippen LogP contribution is 2.35. The normalized spacial score (nSPS) is 12.8. The Bertz CT molecular complexity index is 3230. The van der Waals surface area contributed by atoms with E-state index in [0.717, 1.165) is 55.0 Å². The Balaban J connectivity index is 1.05. The number of benzene rings is 5. The predicted octanol–water partition coefficient (Wildman–Crippen LogP) is 12.1. The third kappa shape index (κ3) is 5.27. The molecule has 0 amide bonds. The Morgan fingerprint density at radius 3 is 1.20 bits per heavy atom. The molecule has 0 atom stereocenters. The fraction of sp³-hybridized carbons (Fsp3) is 0. The highest BCUT2D eigenvalue weighted by molar-refractivity contribution is 6.10. The van der Waals surface area contributed by atoms with Crippen molar-refractivity contribution in [3.63, 3.8) is 0 Å². The number of hydrogen-bond donors (Lipinski definition) is 0. The third-order valence-corrected chi connectivity index (χ3v) is 10.3. The van der Waals surface area contributed by atoms with Gasteiger partial charge in [0.15, 0.2) is 0 Å². The van der Waals surface area contributed by atoms with Crippen LogP contribution in [0, 0.1) is 0 Å². The first kappa shape index (κ1) is 27.0. The summed E-state index contributed by atoms with van der Waals surface area (Å²) >= 11 is 0. The second kappa shape index (κ2) is 13.0. The van der Waals surface area contributed by atoms with Crippen LogP contribution in [0.25, 0.3) is 100 Å². The van der Waals surface area contributed by atoms with Gasteiger partial charge in [-0.15, -0.1) is 0 Å². The first-order valence-electron chi connectivity index (χ1n) is 20.8. The van der Waals surface area contributed by atoms with E-state index >= 15 is 0 Å². The molecule has 0 aliphatic carbocycles. The maximum Gasteiger partial charge on any atom is 0.0901 e. The van der Waals surface area contributed by atoms with Crippen molar-refractivity contribution in [3.8, 4) is 56.7 Å². The molecule has 0 N–H and O–H groups in total. The van der Waals surface area contributed by atoms with Gasteiger partial charge >= 0.3 is 0 Å². The van der Waals surface area contributed by atoms with Gasteiger partial charge in [0, 0.05) is 32.7 Å². The molecule has 0 fully saturated rings. The lowest BCUT2D eigenvalue weighted by molar-refractivity contribution is 1.13. The molecule has 5 aromatic carbocycles. The zero-order valence-corrected chi connectivity index (χ0v) is 29.8. The molecule has 11 rings (SSSR count). The molecule has 6 aromatic heterocycles. The summed E-state index contributed by atoms with van der Waals surface area (Å²) in [6.07, 6.45) is 3.72. The summed E-state index contributed by atoms with van der Waals surface area (Å²) in [5.74, 6) is 0. The van der Waals surface area contributed by atoms with Crippen LogP contribution < -0.4 is 0 Å². The number of aromatic nitrogens is 6. The van der Waals surface area contributed by atoms with E-state index in [2.05, 4.69) is 81.9 Å². The van der Waals surface area contributed by atoms with Crippen molar-refractivity contribution in [2.24, 2.45) is 0 Å². The molecule has 0 aliphatic heterocycles. The highest BCUT2D eigenvalue weighted by Gasteiger charge is 2.16. The molecule has 6 nitrogen and oxygen atoms in total. The molecule has 56 heavy (non-hydrogen) atoms. The topological polar surface area (TPSA) is 61.4 Å². The van der Waals surface area contributed by atoms with Gasteiger partial charge in [-0.2, -0.15) is 0 Å². The molecule has 0 spiro atoms. The maximum atomic E-state index is 8.61. The molecule has 6 heteroatoms. The van der Waals surface area contributed by atoms with Gasteiger partial charge in [-0.25, -0.2) is 9.97 Å². The summed E-state index contributed by atoms with van der Waals surface area (Å²) < 4.78 is 46.3. The molecule has 0 radical (unpaired) electrons. The van der Waals surface area contributed by atoms with Crippen LogP contribution in [-0.2, 0) is 0 Å². The molecule has 0 aliphatic rings. The molecule has 0 unspecified atom stereocenters. The van der Waals surface area contributed by atoms with Crippen molar-refractivity contribution < 1.29 is 6.85 Å². The first-order chi connectivity index (χ1) is 29.8. The minimum absolute atomic E-state index is 0.0342. The monoisotopic (exact) mass is 721 g/mol. The van der Waals surface area contributed by atoms with Crippen LogP contribution in [0.1, 0.15) is 6.85 Å².